The fourth-order valence-corrected chi connectivity index (χ4v) is 6.98. The Morgan fingerprint density at radius 1 is 0.650 bits per heavy atom. The van der Waals surface area contributed by atoms with Crippen molar-refractivity contribution in [3.05, 3.63) is 130 Å². The number of carbonyl (C=O) groups is 2. The zero-order valence-corrected chi connectivity index (χ0v) is 22.8. The van der Waals surface area contributed by atoms with Crippen LogP contribution in [0.5, 0.6) is 0 Å². The number of rotatable bonds is 1. The molecule has 2 aliphatic heterocycles. The zero-order chi connectivity index (χ0) is 27.6. The summed E-state index contributed by atoms with van der Waals surface area (Å²) >= 11 is 0. The van der Waals surface area contributed by atoms with Gasteiger partial charge in [0, 0.05) is 27.5 Å². The lowest BCUT2D eigenvalue weighted by Crippen LogP contribution is -2.37. The number of nitrogens with zero attached hydrogens (tertiary/aromatic N) is 1. The van der Waals surface area contributed by atoms with Crippen LogP contribution in [0, 0.1) is 0 Å². The van der Waals surface area contributed by atoms with E-state index in [-0.39, 0.29) is 28.0 Å². The molecule has 4 nitrogen and oxygen atoms in total. The van der Waals surface area contributed by atoms with Crippen molar-refractivity contribution in [1.29, 1.82) is 0 Å². The molecular weight excluding hydrogens is 494 g/mol. The second kappa shape index (κ2) is 7.48. The molecule has 0 amide bonds. The van der Waals surface area contributed by atoms with Crippen LogP contribution in [0.15, 0.2) is 94.9 Å². The van der Waals surface area contributed by atoms with Gasteiger partial charge in [-0.1, -0.05) is 88.4 Å². The quantitative estimate of drug-likeness (QED) is 0.164. The Bertz CT molecular complexity index is 1950. The first kappa shape index (κ1) is 23.2. The SMILES string of the molecule is CC1(C)c2ccccc2N2c3oc(C=C4C(=O)c5cc6ccccc6cc5C4=O)cc3C(C)(C)c3cccc1c32. The maximum Gasteiger partial charge on any atom is 0.209 e. The predicted molar refractivity (Wildman–Crippen MR) is 158 cm³/mol. The molecule has 4 heteroatoms. The van der Waals surface area contributed by atoms with Crippen LogP contribution >= 0.6 is 0 Å². The molecule has 0 spiro atoms. The largest absolute Gasteiger partial charge is 0.440 e. The fourth-order valence-electron chi connectivity index (χ4n) is 6.98. The van der Waals surface area contributed by atoms with Crippen LogP contribution in [0.2, 0.25) is 0 Å². The van der Waals surface area contributed by atoms with Crippen LogP contribution in [0.4, 0.5) is 17.3 Å². The number of para-hydroxylation sites is 2. The van der Waals surface area contributed by atoms with E-state index in [0.717, 1.165) is 33.6 Å². The van der Waals surface area contributed by atoms with Gasteiger partial charge in [-0.15, -0.1) is 0 Å². The number of ketones is 2. The Balaban J connectivity index is 1.32. The number of allylic oxidation sites excluding steroid dienone is 1. The summed E-state index contributed by atoms with van der Waals surface area (Å²) in [6.45, 7) is 8.98. The smallest absolute Gasteiger partial charge is 0.209 e. The van der Waals surface area contributed by atoms with E-state index in [4.69, 9.17) is 4.42 Å². The highest BCUT2D eigenvalue weighted by Gasteiger charge is 2.47. The molecule has 0 unspecified atom stereocenters. The number of carbonyl (C=O) groups excluding carboxylic acids is 2. The zero-order valence-electron chi connectivity index (χ0n) is 22.8. The molecule has 1 aromatic heterocycles. The topological polar surface area (TPSA) is 50.5 Å². The minimum atomic E-state index is -0.343. The Morgan fingerprint density at radius 3 is 1.85 bits per heavy atom. The van der Waals surface area contributed by atoms with Crippen molar-refractivity contribution in [2.45, 2.75) is 38.5 Å². The van der Waals surface area contributed by atoms with Crippen LogP contribution in [0.25, 0.3) is 16.8 Å². The fraction of sp³-hybridized carbons (Fsp3) is 0.167. The summed E-state index contributed by atoms with van der Waals surface area (Å²) in [7, 11) is 0. The Morgan fingerprint density at radius 2 is 1.20 bits per heavy atom. The predicted octanol–water partition coefficient (Wildman–Crippen LogP) is 8.64. The maximum absolute atomic E-state index is 13.5. The van der Waals surface area contributed by atoms with Gasteiger partial charge < -0.3 is 4.42 Å². The molecule has 0 bridgehead atoms. The molecule has 0 fully saturated rings. The molecule has 4 aromatic carbocycles. The molecule has 3 heterocycles. The van der Waals surface area contributed by atoms with Crippen LogP contribution in [-0.4, -0.2) is 11.6 Å². The number of fused-ring (bicyclic) bond motifs is 6. The lowest BCUT2D eigenvalue weighted by atomic mass is 9.67. The third kappa shape index (κ3) is 2.80. The summed E-state index contributed by atoms with van der Waals surface area (Å²) in [5.74, 6) is 0.731. The van der Waals surface area contributed by atoms with Crippen LogP contribution in [0.3, 0.4) is 0 Å². The molecule has 5 aromatic rings. The molecule has 40 heavy (non-hydrogen) atoms. The van der Waals surface area contributed by atoms with Gasteiger partial charge >= 0.3 is 0 Å². The van der Waals surface area contributed by atoms with Gasteiger partial charge in [-0.05, 0) is 57.8 Å². The molecule has 0 saturated heterocycles. The van der Waals surface area contributed by atoms with Crippen molar-refractivity contribution >= 4 is 45.7 Å². The number of anilines is 3. The normalized spacial score (nSPS) is 17.4. The van der Waals surface area contributed by atoms with Gasteiger partial charge in [-0.3, -0.25) is 14.5 Å². The van der Waals surface area contributed by atoms with Crippen molar-refractivity contribution < 1.29 is 14.0 Å². The van der Waals surface area contributed by atoms with E-state index in [1.807, 2.05) is 42.5 Å². The number of furan rings is 1. The van der Waals surface area contributed by atoms with Gasteiger partial charge in [0.05, 0.1) is 16.9 Å². The van der Waals surface area contributed by atoms with Gasteiger partial charge in [0.2, 0.25) is 5.88 Å². The van der Waals surface area contributed by atoms with Crippen molar-refractivity contribution in [3.63, 3.8) is 0 Å². The Kier molecular flexibility index (Phi) is 4.34. The maximum atomic E-state index is 13.5. The Labute approximate surface area is 232 Å². The van der Waals surface area contributed by atoms with Crippen molar-refractivity contribution in [1.82, 2.24) is 0 Å². The number of hydrogen-bond acceptors (Lipinski definition) is 4. The summed E-state index contributed by atoms with van der Waals surface area (Å²) in [5, 5.41) is 1.89. The molecular formula is C36H27NO3. The third-order valence-corrected chi connectivity index (χ3v) is 9.18. The molecule has 194 valence electrons. The minimum Gasteiger partial charge on any atom is -0.440 e. The summed E-state index contributed by atoms with van der Waals surface area (Å²) in [6, 6.07) is 28.5. The molecule has 1 aliphatic carbocycles. The molecule has 0 N–H and O–H groups in total. The first-order valence-electron chi connectivity index (χ1n) is 13.7. The van der Waals surface area contributed by atoms with E-state index >= 15 is 0 Å². The number of benzene rings is 4. The highest BCUT2D eigenvalue weighted by molar-refractivity contribution is 6.42. The number of hydrogen-bond donors (Lipinski definition) is 0. The minimum absolute atomic E-state index is 0.146. The molecule has 8 rings (SSSR count). The monoisotopic (exact) mass is 521 g/mol. The summed E-state index contributed by atoms with van der Waals surface area (Å²) in [4.78, 5) is 29.2. The van der Waals surface area contributed by atoms with E-state index in [9.17, 15) is 9.59 Å². The Hall–Kier alpha value is -4.70. The molecule has 0 radical (unpaired) electrons. The lowest BCUT2D eigenvalue weighted by molar-refractivity contribution is 0.0990. The number of Topliss-reactive ketones (excluding diaryl/α,β-unsaturated/α-hetero) is 2. The van der Waals surface area contributed by atoms with Gasteiger partial charge in [0.25, 0.3) is 0 Å². The van der Waals surface area contributed by atoms with Crippen molar-refractivity contribution in [2.75, 3.05) is 4.90 Å². The first-order chi connectivity index (χ1) is 19.2. The van der Waals surface area contributed by atoms with Gasteiger partial charge in [0.15, 0.2) is 11.6 Å². The summed E-state index contributed by atoms with van der Waals surface area (Å²) < 4.78 is 6.60. The molecule has 3 aliphatic rings. The highest BCUT2D eigenvalue weighted by atomic mass is 16.4. The van der Waals surface area contributed by atoms with E-state index < -0.39 is 0 Å². The first-order valence-corrected chi connectivity index (χ1v) is 13.7. The van der Waals surface area contributed by atoms with E-state index in [2.05, 4.69) is 75.1 Å². The summed E-state index contributed by atoms with van der Waals surface area (Å²) in [5.41, 5.74) is 7.51. The third-order valence-electron chi connectivity index (χ3n) is 9.18. The van der Waals surface area contributed by atoms with E-state index in [1.54, 1.807) is 6.08 Å². The molecule has 0 atom stereocenters. The van der Waals surface area contributed by atoms with Gasteiger partial charge in [-0.25, -0.2) is 0 Å². The highest BCUT2D eigenvalue weighted by Crippen LogP contribution is 2.60. The van der Waals surface area contributed by atoms with Crippen molar-refractivity contribution in [2.24, 2.45) is 0 Å². The second-order valence-electron chi connectivity index (χ2n) is 12.1. The standard InChI is InChI=1S/C36H27NO3/c1-35(2)26-12-7-8-15-30(26)37-31-27(35)13-9-14-28(31)36(3,4)29-19-22(40-34(29)37)18-25-32(38)23-16-20-10-5-6-11-21(20)17-24(23)33(25)39/h5-19H,1-4H3. The van der Waals surface area contributed by atoms with Crippen LogP contribution in [0.1, 0.15) is 76.4 Å². The van der Waals surface area contributed by atoms with E-state index in [0.29, 0.717) is 16.9 Å². The second-order valence-corrected chi connectivity index (χ2v) is 12.1. The average Bonchev–Trinajstić information content (AvgIpc) is 3.47. The van der Waals surface area contributed by atoms with Gasteiger partial charge in [-0.2, -0.15) is 0 Å². The van der Waals surface area contributed by atoms with E-state index in [1.165, 1.54) is 16.7 Å². The van der Waals surface area contributed by atoms with Crippen LogP contribution < -0.4 is 4.90 Å². The van der Waals surface area contributed by atoms with Crippen LogP contribution in [-0.2, 0) is 10.8 Å². The average molecular weight is 522 g/mol. The van der Waals surface area contributed by atoms with Gasteiger partial charge in [0.1, 0.15) is 5.76 Å². The lowest BCUT2D eigenvalue weighted by Gasteiger charge is -2.47. The van der Waals surface area contributed by atoms with Crippen molar-refractivity contribution in [3.8, 4) is 0 Å². The summed E-state index contributed by atoms with van der Waals surface area (Å²) in [6.07, 6.45) is 1.63. The molecule has 0 saturated carbocycles.